The lowest BCUT2D eigenvalue weighted by Crippen LogP contribution is -2.30. The van der Waals surface area contributed by atoms with Gasteiger partial charge in [0.1, 0.15) is 11.9 Å². The van der Waals surface area contributed by atoms with Crippen LogP contribution in [-0.4, -0.2) is 34.1 Å². The highest BCUT2D eigenvalue weighted by Gasteiger charge is 2.39. The number of benzene rings is 1. The van der Waals surface area contributed by atoms with Crippen molar-refractivity contribution in [1.82, 2.24) is 9.88 Å². The van der Waals surface area contributed by atoms with E-state index in [-0.39, 0.29) is 11.9 Å². The van der Waals surface area contributed by atoms with Gasteiger partial charge in [0.2, 0.25) is 0 Å². The van der Waals surface area contributed by atoms with E-state index in [2.05, 4.69) is 4.98 Å². The van der Waals surface area contributed by atoms with Crippen molar-refractivity contribution in [1.29, 1.82) is 0 Å². The lowest BCUT2D eigenvalue weighted by molar-refractivity contribution is -0.135. The number of hydrogen-bond donors (Lipinski definition) is 1. The Hall–Kier alpha value is -2.40. The van der Waals surface area contributed by atoms with Crippen molar-refractivity contribution >= 4 is 5.91 Å². The van der Waals surface area contributed by atoms with Gasteiger partial charge in [0.25, 0.3) is 5.91 Å². The quantitative estimate of drug-likeness (QED) is 0.937. The first-order valence-corrected chi connectivity index (χ1v) is 7.20. The molecule has 0 unspecified atom stereocenters. The van der Waals surface area contributed by atoms with Crippen LogP contribution in [0.3, 0.4) is 0 Å². The monoisotopic (exact) mass is 298 g/mol. The van der Waals surface area contributed by atoms with Gasteiger partial charge in [-0.1, -0.05) is 18.2 Å². The van der Waals surface area contributed by atoms with Crippen molar-refractivity contribution in [3.63, 3.8) is 0 Å². The highest BCUT2D eigenvalue weighted by Crippen LogP contribution is 2.34. The van der Waals surface area contributed by atoms with E-state index in [0.717, 1.165) is 16.9 Å². The highest BCUT2D eigenvalue weighted by atomic mass is 16.5. The normalized spacial score (nSPS) is 21.2. The molecule has 1 aliphatic heterocycles. The summed E-state index contributed by atoms with van der Waals surface area (Å²) < 4.78 is 5.14. The Morgan fingerprint density at radius 1 is 1.32 bits per heavy atom. The molecule has 0 spiro atoms. The zero-order chi connectivity index (χ0) is 15.5. The molecule has 0 bridgehead atoms. The average molecular weight is 298 g/mol. The largest absolute Gasteiger partial charge is 0.497 e. The molecule has 1 fully saturated rings. The van der Waals surface area contributed by atoms with Gasteiger partial charge in [0, 0.05) is 25.4 Å². The summed E-state index contributed by atoms with van der Waals surface area (Å²) in [7, 11) is 1.62. The summed E-state index contributed by atoms with van der Waals surface area (Å²) in [6.07, 6.45) is 2.91. The van der Waals surface area contributed by atoms with Gasteiger partial charge in [0.05, 0.1) is 13.2 Å². The Kier molecular flexibility index (Phi) is 4.06. The molecule has 5 nitrogen and oxygen atoms in total. The SMILES string of the molecule is COc1ccc(CN2C(=O)[C@@H](O)C[C@@H]2c2cccnc2)cc1. The minimum Gasteiger partial charge on any atom is -0.497 e. The molecule has 114 valence electrons. The Balaban J connectivity index is 1.83. The van der Waals surface area contributed by atoms with Gasteiger partial charge >= 0.3 is 0 Å². The van der Waals surface area contributed by atoms with Crippen molar-refractivity contribution in [3.05, 3.63) is 59.9 Å². The topological polar surface area (TPSA) is 62.7 Å². The number of likely N-dealkylation sites (tertiary alicyclic amines) is 1. The van der Waals surface area contributed by atoms with Gasteiger partial charge in [-0.15, -0.1) is 0 Å². The fourth-order valence-corrected chi connectivity index (χ4v) is 2.79. The molecule has 0 saturated carbocycles. The molecule has 22 heavy (non-hydrogen) atoms. The summed E-state index contributed by atoms with van der Waals surface area (Å²) in [5.41, 5.74) is 1.94. The number of hydrogen-bond acceptors (Lipinski definition) is 4. The van der Waals surface area contributed by atoms with E-state index >= 15 is 0 Å². The zero-order valence-corrected chi connectivity index (χ0v) is 12.3. The first-order valence-electron chi connectivity index (χ1n) is 7.20. The minimum absolute atomic E-state index is 0.140. The van der Waals surface area contributed by atoms with Crippen LogP contribution in [0.2, 0.25) is 0 Å². The van der Waals surface area contributed by atoms with Crippen molar-refractivity contribution < 1.29 is 14.6 Å². The van der Waals surface area contributed by atoms with Crippen LogP contribution in [-0.2, 0) is 11.3 Å². The molecular weight excluding hydrogens is 280 g/mol. The molecule has 2 aromatic rings. The average Bonchev–Trinajstić information content (AvgIpc) is 2.85. The maximum atomic E-state index is 12.2. The summed E-state index contributed by atoms with van der Waals surface area (Å²) in [5, 5.41) is 9.93. The summed E-state index contributed by atoms with van der Waals surface area (Å²) in [5.74, 6) is 0.546. The van der Waals surface area contributed by atoms with Crippen molar-refractivity contribution in [2.24, 2.45) is 0 Å². The number of aliphatic hydroxyl groups excluding tert-OH is 1. The molecular formula is C17H18N2O3. The lowest BCUT2D eigenvalue weighted by Gasteiger charge is -2.24. The summed E-state index contributed by atoms with van der Waals surface area (Å²) in [6.45, 7) is 0.458. The maximum absolute atomic E-state index is 12.2. The van der Waals surface area contributed by atoms with E-state index in [9.17, 15) is 9.90 Å². The molecule has 1 aliphatic rings. The fraction of sp³-hybridized carbons (Fsp3) is 0.294. The molecule has 2 heterocycles. The van der Waals surface area contributed by atoms with Crippen LogP contribution in [0, 0.1) is 0 Å². The summed E-state index contributed by atoms with van der Waals surface area (Å²) in [6, 6.07) is 11.2. The highest BCUT2D eigenvalue weighted by molar-refractivity contribution is 5.83. The van der Waals surface area contributed by atoms with Crippen molar-refractivity contribution in [2.45, 2.75) is 25.1 Å². The molecule has 0 radical (unpaired) electrons. The Bertz CT molecular complexity index is 643. The second-order valence-electron chi connectivity index (χ2n) is 5.37. The lowest BCUT2D eigenvalue weighted by atomic mass is 10.1. The molecule has 1 aromatic heterocycles. The van der Waals surface area contributed by atoms with Gasteiger partial charge in [-0.25, -0.2) is 0 Å². The Labute approximate surface area is 129 Å². The number of carbonyl (C=O) groups is 1. The third-order valence-corrected chi connectivity index (χ3v) is 3.97. The molecule has 2 atom stereocenters. The molecule has 1 N–H and O–H groups in total. The first-order chi connectivity index (χ1) is 10.7. The van der Waals surface area contributed by atoms with E-state index in [1.807, 2.05) is 36.4 Å². The van der Waals surface area contributed by atoms with Gasteiger partial charge in [0.15, 0.2) is 0 Å². The minimum atomic E-state index is -0.941. The third kappa shape index (κ3) is 2.80. The van der Waals surface area contributed by atoms with E-state index < -0.39 is 6.10 Å². The smallest absolute Gasteiger partial charge is 0.252 e. The first kappa shape index (κ1) is 14.5. The second-order valence-corrected chi connectivity index (χ2v) is 5.37. The van der Waals surface area contributed by atoms with Gasteiger partial charge in [-0.2, -0.15) is 0 Å². The number of nitrogens with zero attached hydrogens (tertiary/aromatic N) is 2. The third-order valence-electron chi connectivity index (χ3n) is 3.97. The van der Waals surface area contributed by atoms with Crippen LogP contribution < -0.4 is 4.74 Å². The van der Waals surface area contributed by atoms with E-state index in [1.54, 1.807) is 24.4 Å². The summed E-state index contributed by atoms with van der Waals surface area (Å²) >= 11 is 0. The van der Waals surface area contributed by atoms with Crippen LogP contribution in [0.4, 0.5) is 0 Å². The second kappa shape index (κ2) is 6.15. The number of amides is 1. The number of rotatable bonds is 4. The number of aliphatic hydroxyl groups is 1. The van der Waals surface area contributed by atoms with Gasteiger partial charge < -0.3 is 14.7 Å². The number of aromatic nitrogens is 1. The van der Waals surface area contributed by atoms with Crippen LogP contribution in [0.15, 0.2) is 48.8 Å². The van der Waals surface area contributed by atoms with Crippen molar-refractivity contribution in [2.75, 3.05) is 7.11 Å². The van der Waals surface area contributed by atoms with Crippen LogP contribution in [0.25, 0.3) is 0 Å². The van der Waals surface area contributed by atoms with Gasteiger partial charge in [-0.05, 0) is 29.3 Å². The summed E-state index contributed by atoms with van der Waals surface area (Å²) in [4.78, 5) is 18.1. The van der Waals surface area contributed by atoms with Crippen LogP contribution in [0.1, 0.15) is 23.6 Å². The molecule has 1 amide bonds. The molecule has 0 aliphatic carbocycles. The number of ether oxygens (including phenoxy) is 1. The van der Waals surface area contributed by atoms with Gasteiger partial charge in [-0.3, -0.25) is 9.78 Å². The number of methoxy groups -OCH3 is 1. The zero-order valence-electron chi connectivity index (χ0n) is 12.3. The number of carbonyl (C=O) groups excluding carboxylic acids is 1. The van der Waals surface area contributed by atoms with Crippen molar-refractivity contribution in [3.8, 4) is 5.75 Å². The fourth-order valence-electron chi connectivity index (χ4n) is 2.79. The van der Waals surface area contributed by atoms with E-state index in [4.69, 9.17) is 4.74 Å². The maximum Gasteiger partial charge on any atom is 0.252 e. The Morgan fingerprint density at radius 2 is 2.09 bits per heavy atom. The molecule has 1 aromatic carbocycles. The molecule has 5 heteroatoms. The predicted molar refractivity (Wildman–Crippen MR) is 81.1 cm³/mol. The Morgan fingerprint density at radius 3 is 2.73 bits per heavy atom. The standard InChI is InChI=1S/C17H18N2O3/c1-22-14-6-4-12(5-7-14)11-19-15(9-16(20)17(19)21)13-3-2-8-18-10-13/h2-8,10,15-16,20H,9,11H2,1H3/t15-,16+/m1/s1. The predicted octanol–water partition coefficient (Wildman–Crippen LogP) is 1.92. The molecule has 3 rings (SSSR count). The molecule has 1 saturated heterocycles. The number of pyridine rings is 1. The van der Waals surface area contributed by atoms with E-state index in [1.165, 1.54) is 0 Å². The van der Waals surface area contributed by atoms with E-state index in [0.29, 0.717) is 13.0 Å². The van der Waals surface area contributed by atoms with Crippen LogP contribution in [0.5, 0.6) is 5.75 Å². The van der Waals surface area contributed by atoms with Crippen LogP contribution >= 0.6 is 0 Å².